The molecule has 0 spiro atoms. The predicted octanol–water partition coefficient (Wildman–Crippen LogP) is 5.66. The molecular weight excluding hydrogens is 390 g/mol. The number of hydrogen-bond acceptors (Lipinski definition) is 3. The van der Waals surface area contributed by atoms with Crippen LogP contribution in [0.1, 0.15) is 36.3 Å². The highest BCUT2D eigenvalue weighted by Gasteiger charge is 2.21. The molecule has 0 bridgehead atoms. The Morgan fingerprint density at radius 3 is 2.63 bits per heavy atom. The van der Waals surface area contributed by atoms with Crippen LogP contribution < -0.4 is 5.73 Å². The van der Waals surface area contributed by atoms with Crippen molar-refractivity contribution in [3.05, 3.63) is 82.8 Å². The molecule has 0 aromatic heterocycles. The van der Waals surface area contributed by atoms with E-state index in [4.69, 9.17) is 5.73 Å². The van der Waals surface area contributed by atoms with Gasteiger partial charge >= 0.3 is 0 Å². The zero-order chi connectivity index (χ0) is 20.9. The summed E-state index contributed by atoms with van der Waals surface area (Å²) in [6, 6.07) is 17.6. The Morgan fingerprint density at radius 1 is 1.07 bits per heavy atom. The van der Waals surface area contributed by atoms with E-state index >= 15 is 0 Å². The van der Waals surface area contributed by atoms with Crippen molar-refractivity contribution in [1.82, 2.24) is 0 Å². The second-order valence-corrected chi connectivity index (χ2v) is 8.61. The maximum absolute atomic E-state index is 10.9. The van der Waals surface area contributed by atoms with Gasteiger partial charge in [0.25, 0.3) is 0 Å². The minimum Gasteiger partial charge on any atom is -0.366 e. The number of thioether (sulfide) groups is 1. The molecule has 3 aromatic rings. The summed E-state index contributed by atoms with van der Waals surface area (Å²) in [6.07, 6.45) is 8.77. The van der Waals surface area contributed by atoms with E-state index in [2.05, 4.69) is 48.5 Å². The van der Waals surface area contributed by atoms with Gasteiger partial charge in [0.05, 0.1) is 0 Å². The topological polar surface area (TPSA) is 60.2 Å². The summed E-state index contributed by atoms with van der Waals surface area (Å²) < 4.78 is 0. The van der Waals surface area contributed by atoms with Gasteiger partial charge in [0.1, 0.15) is 6.29 Å². The Bertz CT molecular complexity index is 1160. The van der Waals surface area contributed by atoms with Crippen LogP contribution >= 0.6 is 11.8 Å². The van der Waals surface area contributed by atoms with Crippen molar-refractivity contribution in [2.45, 2.75) is 31.6 Å². The van der Waals surface area contributed by atoms with Gasteiger partial charge in [-0.05, 0) is 69.3 Å². The molecule has 1 unspecified atom stereocenters. The maximum Gasteiger partial charge on any atom is 0.248 e. The lowest BCUT2D eigenvalue weighted by atomic mass is 9.79. The second kappa shape index (κ2) is 9.31. The molecule has 0 saturated heterocycles. The average Bonchev–Trinajstić information content (AvgIpc) is 2.80. The van der Waals surface area contributed by atoms with Crippen molar-refractivity contribution in [1.29, 1.82) is 0 Å². The lowest BCUT2D eigenvalue weighted by Gasteiger charge is -2.25. The van der Waals surface area contributed by atoms with Crippen molar-refractivity contribution < 1.29 is 9.59 Å². The molecular formula is C26H25NO2S. The van der Waals surface area contributed by atoms with Gasteiger partial charge in [0.2, 0.25) is 5.91 Å². The minimum atomic E-state index is -0.341. The fraction of sp³-hybridized carbons (Fsp3) is 0.231. The number of nitrogens with two attached hydrogens (primary N) is 1. The molecule has 4 heteroatoms. The fourth-order valence-electron chi connectivity index (χ4n) is 4.44. The first-order chi connectivity index (χ1) is 14.7. The molecule has 152 valence electrons. The molecule has 0 saturated carbocycles. The molecule has 1 aliphatic heterocycles. The van der Waals surface area contributed by atoms with Crippen LogP contribution in [0.25, 0.3) is 21.5 Å². The van der Waals surface area contributed by atoms with E-state index in [1.807, 2.05) is 11.5 Å². The standard InChI is InChI=1S/C20H18O.C6H7NOS/c21-13-12-15-5-3-7-18-17(15)10-11-19-16-6-2-1-4-14(16)8-9-20(18)19;7-6(8)5-1-3-9-4-2-5/h1-2,4,6,8-11,13,15H,3,5,7,12H2;1-3H,4H2,(H2,7,8). The second-order valence-electron chi connectivity index (χ2n) is 7.67. The highest BCUT2D eigenvalue weighted by atomic mass is 32.2. The molecule has 0 radical (unpaired) electrons. The van der Waals surface area contributed by atoms with Crippen LogP contribution in [0.2, 0.25) is 0 Å². The Kier molecular flexibility index (Phi) is 6.34. The third kappa shape index (κ3) is 4.19. The summed E-state index contributed by atoms with van der Waals surface area (Å²) in [5.74, 6) is 0.933. The van der Waals surface area contributed by atoms with E-state index in [1.165, 1.54) is 39.1 Å². The number of aldehydes is 1. The molecule has 5 rings (SSSR count). The first-order valence-electron chi connectivity index (χ1n) is 10.3. The van der Waals surface area contributed by atoms with E-state index in [1.54, 1.807) is 17.8 Å². The van der Waals surface area contributed by atoms with Crippen molar-refractivity contribution >= 4 is 45.5 Å². The number of amides is 1. The van der Waals surface area contributed by atoms with Crippen molar-refractivity contribution in [2.24, 2.45) is 5.73 Å². The van der Waals surface area contributed by atoms with E-state index in [0.29, 0.717) is 17.9 Å². The van der Waals surface area contributed by atoms with E-state index in [9.17, 15) is 9.59 Å². The number of carbonyl (C=O) groups excluding carboxylic acids is 2. The van der Waals surface area contributed by atoms with Gasteiger partial charge in [-0.15, -0.1) is 11.8 Å². The summed E-state index contributed by atoms with van der Waals surface area (Å²) in [5, 5.41) is 7.22. The fourth-order valence-corrected chi connectivity index (χ4v) is 5.07. The monoisotopic (exact) mass is 415 g/mol. The van der Waals surface area contributed by atoms with Gasteiger partial charge in [0, 0.05) is 17.7 Å². The number of primary amides is 1. The highest BCUT2D eigenvalue weighted by Crippen LogP contribution is 2.39. The van der Waals surface area contributed by atoms with Crippen molar-refractivity contribution in [3.63, 3.8) is 0 Å². The number of rotatable bonds is 3. The Hall–Kier alpha value is -2.85. The third-order valence-corrected chi connectivity index (χ3v) is 6.59. The number of carbonyl (C=O) groups is 2. The normalized spacial score (nSPS) is 17.6. The highest BCUT2D eigenvalue weighted by molar-refractivity contribution is 8.02. The van der Waals surface area contributed by atoms with Crippen LogP contribution in [0, 0.1) is 0 Å². The first kappa shape index (κ1) is 20.4. The zero-order valence-electron chi connectivity index (χ0n) is 16.8. The lowest BCUT2D eigenvalue weighted by Crippen LogP contribution is -2.13. The summed E-state index contributed by atoms with van der Waals surface area (Å²) in [7, 11) is 0. The molecule has 0 fully saturated rings. The van der Waals surface area contributed by atoms with Crippen LogP contribution in [0.4, 0.5) is 0 Å². The van der Waals surface area contributed by atoms with Crippen LogP contribution in [-0.4, -0.2) is 17.9 Å². The molecule has 3 nitrogen and oxygen atoms in total. The minimum absolute atomic E-state index is 0.341. The van der Waals surface area contributed by atoms with Crippen LogP contribution in [-0.2, 0) is 16.0 Å². The molecule has 1 atom stereocenters. The van der Waals surface area contributed by atoms with Gasteiger partial charge in [-0.1, -0.05) is 54.6 Å². The zero-order valence-corrected chi connectivity index (χ0v) is 17.7. The van der Waals surface area contributed by atoms with Gasteiger partial charge in [-0.25, -0.2) is 0 Å². The van der Waals surface area contributed by atoms with Crippen LogP contribution in [0.5, 0.6) is 0 Å². The first-order valence-corrected chi connectivity index (χ1v) is 11.4. The molecule has 3 aromatic carbocycles. The lowest BCUT2D eigenvalue weighted by molar-refractivity contribution is -0.114. The Morgan fingerprint density at radius 2 is 1.90 bits per heavy atom. The Labute approximate surface area is 181 Å². The summed E-state index contributed by atoms with van der Waals surface area (Å²) in [5.41, 5.74) is 8.49. The van der Waals surface area contributed by atoms with E-state index in [0.717, 1.165) is 24.9 Å². The molecule has 1 heterocycles. The van der Waals surface area contributed by atoms with Gasteiger partial charge in [-0.2, -0.15) is 0 Å². The Balaban J connectivity index is 0.000000204. The van der Waals surface area contributed by atoms with Crippen LogP contribution in [0.3, 0.4) is 0 Å². The van der Waals surface area contributed by atoms with Crippen molar-refractivity contribution in [2.75, 3.05) is 5.75 Å². The maximum atomic E-state index is 10.9. The molecule has 1 aliphatic carbocycles. The predicted molar refractivity (Wildman–Crippen MR) is 127 cm³/mol. The molecule has 2 N–H and O–H groups in total. The molecule has 1 amide bonds. The number of aryl methyl sites for hydroxylation is 1. The molecule has 2 aliphatic rings. The molecule has 30 heavy (non-hydrogen) atoms. The average molecular weight is 416 g/mol. The van der Waals surface area contributed by atoms with E-state index in [-0.39, 0.29) is 5.91 Å². The summed E-state index contributed by atoms with van der Waals surface area (Å²) in [6.45, 7) is 0. The largest absolute Gasteiger partial charge is 0.366 e. The van der Waals surface area contributed by atoms with Crippen LogP contribution in [0.15, 0.2) is 71.7 Å². The van der Waals surface area contributed by atoms with Crippen molar-refractivity contribution in [3.8, 4) is 0 Å². The SMILES string of the molecule is NC(=O)C1=CCSC=C1.O=CCC1CCCc2c1ccc1c2ccc2ccccc21. The number of hydrogen-bond donors (Lipinski definition) is 1. The smallest absolute Gasteiger partial charge is 0.248 e. The van der Waals surface area contributed by atoms with Gasteiger partial charge < -0.3 is 10.5 Å². The summed E-state index contributed by atoms with van der Waals surface area (Å²) in [4.78, 5) is 21.4. The van der Waals surface area contributed by atoms with E-state index < -0.39 is 0 Å². The quantitative estimate of drug-likeness (QED) is 0.443. The van der Waals surface area contributed by atoms with Gasteiger partial charge in [0.15, 0.2) is 0 Å². The van der Waals surface area contributed by atoms with Gasteiger partial charge in [-0.3, -0.25) is 4.79 Å². The number of benzene rings is 3. The summed E-state index contributed by atoms with van der Waals surface area (Å²) >= 11 is 1.65. The third-order valence-electron chi connectivity index (χ3n) is 5.90. The number of fused-ring (bicyclic) bond motifs is 5.